The Morgan fingerprint density at radius 2 is 2.00 bits per heavy atom. The minimum absolute atomic E-state index is 0.00284. The number of unbranched alkanes of at least 4 members (excludes halogenated alkanes) is 2. The molecule has 1 unspecified atom stereocenters. The predicted octanol–water partition coefficient (Wildman–Crippen LogP) is 2.51. The summed E-state index contributed by atoms with van der Waals surface area (Å²) in [6.45, 7) is 5.01. The summed E-state index contributed by atoms with van der Waals surface area (Å²) in [7, 11) is 1.38. The molecule has 1 heterocycles. The number of nitrogens with one attached hydrogen (secondary N) is 1. The maximum absolute atomic E-state index is 12.4. The average Bonchev–Trinajstić information content (AvgIpc) is 3.01. The highest BCUT2D eigenvalue weighted by Crippen LogP contribution is 2.29. The molecule has 0 spiro atoms. The smallest absolute Gasteiger partial charge is 0.305 e. The first-order valence-corrected chi connectivity index (χ1v) is 9.15. The second kappa shape index (κ2) is 9.36. The Hall–Kier alpha value is -2.37. The lowest BCUT2D eigenvalue weighted by atomic mass is 10.1. The number of carbonyl (C=O) groups is 3. The lowest BCUT2D eigenvalue weighted by Crippen LogP contribution is -2.33. The average molecular weight is 360 g/mol. The molecule has 2 rings (SSSR count). The van der Waals surface area contributed by atoms with Crippen molar-refractivity contribution in [2.45, 2.75) is 46.0 Å². The lowest BCUT2D eigenvalue weighted by molar-refractivity contribution is -0.140. The highest BCUT2D eigenvalue weighted by Gasteiger charge is 2.35. The molecule has 1 atom stereocenters. The van der Waals surface area contributed by atoms with Gasteiger partial charge in [0.05, 0.1) is 13.0 Å². The van der Waals surface area contributed by atoms with E-state index in [0.29, 0.717) is 19.5 Å². The van der Waals surface area contributed by atoms with Gasteiger partial charge in [-0.25, -0.2) is 0 Å². The van der Waals surface area contributed by atoms with E-state index in [1.54, 1.807) is 4.90 Å². The van der Waals surface area contributed by atoms with E-state index >= 15 is 0 Å². The fourth-order valence-corrected chi connectivity index (χ4v) is 3.17. The van der Waals surface area contributed by atoms with Gasteiger partial charge in [0.1, 0.15) is 0 Å². The third kappa shape index (κ3) is 5.07. The van der Waals surface area contributed by atoms with Gasteiger partial charge in [-0.1, -0.05) is 18.6 Å². The van der Waals surface area contributed by atoms with Gasteiger partial charge in [-0.15, -0.1) is 0 Å². The molecule has 6 heteroatoms. The number of methoxy groups -OCH3 is 1. The van der Waals surface area contributed by atoms with E-state index in [1.165, 1.54) is 7.11 Å². The molecule has 1 aromatic carbocycles. The van der Waals surface area contributed by atoms with Crippen LogP contribution in [-0.2, 0) is 19.1 Å². The van der Waals surface area contributed by atoms with E-state index in [1.807, 2.05) is 32.0 Å². The van der Waals surface area contributed by atoms with Crippen LogP contribution in [0.2, 0.25) is 0 Å². The van der Waals surface area contributed by atoms with Crippen molar-refractivity contribution in [3.05, 3.63) is 29.3 Å². The highest BCUT2D eigenvalue weighted by molar-refractivity contribution is 6.00. The van der Waals surface area contributed by atoms with Gasteiger partial charge in [-0.2, -0.15) is 0 Å². The van der Waals surface area contributed by atoms with Crippen LogP contribution in [0.25, 0.3) is 0 Å². The Labute approximate surface area is 154 Å². The normalized spacial score (nSPS) is 16.7. The standard InChI is InChI=1S/C20H28N2O4/c1-14-8-7-9-17(15(14)2)22-13-16(12-18(22)23)20(25)21-11-6-4-5-10-19(24)26-3/h7-9,16H,4-6,10-13H2,1-3H3,(H,21,25). The van der Waals surface area contributed by atoms with E-state index in [2.05, 4.69) is 10.1 Å². The number of nitrogens with zero attached hydrogens (tertiary/aromatic N) is 1. The number of hydrogen-bond acceptors (Lipinski definition) is 4. The van der Waals surface area contributed by atoms with Crippen molar-refractivity contribution < 1.29 is 19.1 Å². The van der Waals surface area contributed by atoms with Crippen molar-refractivity contribution in [3.63, 3.8) is 0 Å². The molecule has 1 N–H and O–H groups in total. The van der Waals surface area contributed by atoms with Crippen molar-refractivity contribution in [2.24, 2.45) is 5.92 Å². The molecule has 0 saturated carbocycles. The van der Waals surface area contributed by atoms with E-state index in [9.17, 15) is 14.4 Å². The van der Waals surface area contributed by atoms with Crippen LogP contribution >= 0.6 is 0 Å². The molecular formula is C20H28N2O4. The Morgan fingerprint density at radius 3 is 2.73 bits per heavy atom. The number of esters is 1. The second-order valence-electron chi connectivity index (χ2n) is 6.80. The summed E-state index contributed by atoms with van der Waals surface area (Å²) in [4.78, 5) is 37.5. The molecule has 1 saturated heterocycles. The van der Waals surface area contributed by atoms with Crippen molar-refractivity contribution in [1.82, 2.24) is 5.32 Å². The Bertz CT molecular complexity index is 672. The largest absolute Gasteiger partial charge is 0.469 e. The van der Waals surface area contributed by atoms with E-state index in [0.717, 1.165) is 36.1 Å². The van der Waals surface area contributed by atoms with E-state index < -0.39 is 0 Å². The summed E-state index contributed by atoms with van der Waals surface area (Å²) in [5.74, 6) is -0.585. The van der Waals surface area contributed by atoms with Crippen molar-refractivity contribution in [3.8, 4) is 0 Å². The van der Waals surface area contributed by atoms with Crippen LogP contribution in [-0.4, -0.2) is 38.0 Å². The molecule has 0 aliphatic carbocycles. The van der Waals surface area contributed by atoms with Crippen LogP contribution in [0.5, 0.6) is 0 Å². The van der Waals surface area contributed by atoms with Gasteiger partial charge in [-0.3, -0.25) is 14.4 Å². The van der Waals surface area contributed by atoms with Gasteiger partial charge >= 0.3 is 5.97 Å². The molecule has 1 aliphatic heterocycles. The molecule has 26 heavy (non-hydrogen) atoms. The van der Waals surface area contributed by atoms with Gasteiger partial charge in [0, 0.05) is 31.6 Å². The fourth-order valence-electron chi connectivity index (χ4n) is 3.17. The van der Waals surface area contributed by atoms with Gasteiger partial charge in [0.2, 0.25) is 11.8 Å². The summed E-state index contributed by atoms with van der Waals surface area (Å²) in [5.41, 5.74) is 3.11. The predicted molar refractivity (Wildman–Crippen MR) is 99.9 cm³/mol. The van der Waals surface area contributed by atoms with E-state index in [-0.39, 0.29) is 30.1 Å². The topological polar surface area (TPSA) is 75.7 Å². The van der Waals surface area contributed by atoms with Crippen LogP contribution in [0.15, 0.2) is 18.2 Å². The summed E-state index contributed by atoms with van der Waals surface area (Å²) < 4.78 is 4.59. The van der Waals surface area contributed by atoms with Crippen molar-refractivity contribution in [2.75, 3.05) is 25.1 Å². The quantitative estimate of drug-likeness (QED) is 0.571. The number of amides is 2. The Morgan fingerprint density at radius 1 is 1.23 bits per heavy atom. The molecule has 0 aromatic heterocycles. The minimum atomic E-state index is -0.308. The van der Waals surface area contributed by atoms with Crippen molar-refractivity contribution in [1.29, 1.82) is 0 Å². The second-order valence-corrected chi connectivity index (χ2v) is 6.80. The molecule has 2 amide bonds. The van der Waals surface area contributed by atoms with Crippen LogP contribution < -0.4 is 10.2 Å². The summed E-state index contributed by atoms with van der Waals surface area (Å²) in [5, 5.41) is 2.91. The third-order valence-corrected chi connectivity index (χ3v) is 4.95. The number of aryl methyl sites for hydroxylation is 1. The first kappa shape index (κ1) is 19.9. The minimum Gasteiger partial charge on any atom is -0.469 e. The monoisotopic (exact) mass is 360 g/mol. The maximum Gasteiger partial charge on any atom is 0.305 e. The van der Waals surface area contributed by atoms with Gasteiger partial charge in [0.15, 0.2) is 0 Å². The molecule has 1 aromatic rings. The summed E-state index contributed by atoms with van der Waals surface area (Å²) in [6, 6.07) is 5.89. The van der Waals surface area contributed by atoms with Gasteiger partial charge in [0.25, 0.3) is 0 Å². The van der Waals surface area contributed by atoms with Crippen molar-refractivity contribution >= 4 is 23.5 Å². The van der Waals surface area contributed by atoms with Crippen LogP contribution in [0.4, 0.5) is 5.69 Å². The third-order valence-electron chi connectivity index (χ3n) is 4.95. The van der Waals surface area contributed by atoms with E-state index in [4.69, 9.17) is 0 Å². The first-order valence-electron chi connectivity index (χ1n) is 9.15. The number of hydrogen-bond donors (Lipinski definition) is 1. The van der Waals surface area contributed by atoms with Crippen LogP contribution in [0, 0.1) is 19.8 Å². The highest BCUT2D eigenvalue weighted by atomic mass is 16.5. The molecule has 1 aliphatic rings. The Kier molecular flexibility index (Phi) is 7.18. The molecule has 142 valence electrons. The fraction of sp³-hybridized carbons (Fsp3) is 0.550. The number of benzene rings is 1. The zero-order valence-corrected chi connectivity index (χ0v) is 15.8. The molecule has 0 bridgehead atoms. The molecule has 1 fully saturated rings. The zero-order chi connectivity index (χ0) is 19.1. The van der Waals surface area contributed by atoms with Gasteiger partial charge in [-0.05, 0) is 43.9 Å². The number of carbonyl (C=O) groups excluding carboxylic acids is 3. The maximum atomic E-state index is 12.4. The van der Waals surface area contributed by atoms with Crippen LogP contribution in [0.3, 0.4) is 0 Å². The SMILES string of the molecule is COC(=O)CCCCCNC(=O)C1CC(=O)N(c2cccc(C)c2C)C1. The van der Waals surface area contributed by atoms with Crippen LogP contribution in [0.1, 0.15) is 43.2 Å². The molecular weight excluding hydrogens is 332 g/mol. The number of rotatable bonds is 8. The lowest BCUT2D eigenvalue weighted by Gasteiger charge is -2.20. The molecule has 6 nitrogen and oxygen atoms in total. The van der Waals surface area contributed by atoms with Gasteiger partial charge < -0.3 is 15.0 Å². The first-order chi connectivity index (χ1) is 12.4. The Balaban J connectivity index is 1.78. The number of anilines is 1. The summed E-state index contributed by atoms with van der Waals surface area (Å²) in [6.07, 6.45) is 3.08. The zero-order valence-electron chi connectivity index (χ0n) is 15.8. The molecule has 0 radical (unpaired) electrons. The number of ether oxygens (including phenoxy) is 1. The summed E-state index contributed by atoms with van der Waals surface area (Å²) >= 11 is 0.